The van der Waals surface area contributed by atoms with Gasteiger partial charge in [-0.15, -0.1) is 0 Å². The Kier molecular flexibility index (Phi) is 3.97. The Morgan fingerprint density at radius 3 is 2.80 bits per heavy atom. The lowest BCUT2D eigenvalue weighted by Gasteiger charge is -2.34. The number of hydrogen-bond donors (Lipinski definition) is 1. The van der Waals surface area contributed by atoms with Gasteiger partial charge in [0.15, 0.2) is 0 Å². The van der Waals surface area contributed by atoms with Crippen LogP contribution in [0.2, 0.25) is 0 Å². The largest absolute Gasteiger partial charge is 0.497 e. The maximum Gasteiger partial charge on any atom is 0.329 e. The lowest BCUT2D eigenvalue weighted by atomic mass is 9.92. The Morgan fingerprint density at radius 2 is 2.20 bits per heavy atom. The highest BCUT2D eigenvalue weighted by atomic mass is 16.5. The fraction of sp³-hybridized carbons (Fsp3) is 0.467. The van der Waals surface area contributed by atoms with Gasteiger partial charge in [0.25, 0.3) is 5.91 Å². The van der Waals surface area contributed by atoms with Crippen molar-refractivity contribution in [3.63, 3.8) is 0 Å². The lowest BCUT2D eigenvalue weighted by Crippen LogP contribution is -2.52. The van der Waals surface area contributed by atoms with E-state index >= 15 is 0 Å². The summed E-state index contributed by atoms with van der Waals surface area (Å²) in [5.41, 5.74) is -0.606. The maximum atomic E-state index is 12.6. The Hall–Kier alpha value is -2.04. The van der Waals surface area contributed by atoms with Crippen molar-refractivity contribution in [1.82, 2.24) is 4.90 Å². The summed E-state index contributed by atoms with van der Waals surface area (Å²) in [5, 5.41) is 9.51. The molecule has 1 aliphatic heterocycles. The van der Waals surface area contributed by atoms with Gasteiger partial charge in [-0.05, 0) is 37.5 Å². The van der Waals surface area contributed by atoms with E-state index in [9.17, 15) is 14.7 Å². The van der Waals surface area contributed by atoms with Crippen LogP contribution in [0.1, 0.15) is 36.5 Å². The molecule has 1 fully saturated rings. The van der Waals surface area contributed by atoms with Crippen molar-refractivity contribution in [2.75, 3.05) is 13.7 Å². The van der Waals surface area contributed by atoms with E-state index in [1.54, 1.807) is 24.3 Å². The third-order valence-electron chi connectivity index (χ3n) is 4.03. The number of aliphatic carboxylic acids is 1. The summed E-state index contributed by atoms with van der Waals surface area (Å²) in [6.45, 7) is 2.29. The molecule has 0 saturated carbocycles. The normalized spacial score (nSPS) is 21.8. The Morgan fingerprint density at radius 1 is 1.45 bits per heavy atom. The summed E-state index contributed by atoms with van der Waals surface area (Å²) in [6.07, 6.45) is 1.64. The molecule has 0 bridgehead atoms. The van der Waals surface area contributed by atoms with Gasteiger partial charge >= 0.3 is 5.97 Å². The third-order valence-corrected chi connectivity index (χ3v) is 4.03. The highest BCUT2D eigenvalue weighted by Crippen LogP contribution is 2.34. The number of ether oxygens (including phenoxy) is 1. The van der Waals surface area contributed by atoms with Crippen LogP contribution in [0.3, 0.4) is 0 Å². The van der Waals surface area contributed by atoms with Gasteiger partial charge in [-0.1, -0.05) is 13.0 Å². The number of amides is 1. The molecule has 20 heavy (non-hydrogen) atoms. The summed E-state index contributed by atoms with van der Waals surface area (Å²) >= 11 is 0. The molecule has 1 saturated heterocycles. The molecule has 1 aromatic carbocycles. The zero-order valence-electron chi connectivity index (χ0n) is 11.8. The van der Waals surface area contributed by atoms with Crippen molar-refractivity contribution in [1.29, 1.82) is 0 Å². The highest BCUT2D eigenvalue weighted by molar-refractivity contribution is 5.98. The first kappa shape index (κ1) is 14.4. The van der Waals surface area contributed by atoms with Crippen LogP contribution in [-0.2, 0) is 4.79 Å². The number of methoxy groups -OCH3 is 1. The van der Waals surface area contributed by atoms with Gasteiger partial charge in [-0.3, -0.25) is 4.79 Å². The number of nitrogens with zero attached hydrogens (tertiary/aromatic N) is 1. The average molecular weight is 277 g/mol. The molecule has 5 heteroatoms. The van der Waals surface area contributed by atoms with Crippen LogP contribution in [0, 0.1) is 0 Å². The van der Waals surface area contributed by atoms with E-state index < -0.39 is 11.5 Å². The van der Waals surface area contributed by atoms with Crippen LogP contribution in [0.25, 0.3) is 0 Å². The fourth-order valence-electron chi connectivity index (χ4n) is 2.83. The van der Waals surface area contributed by atoms with Gasteiger partial charge in [0.1, 0.15) is 11.3 Å². The van der Waals surface area contributed by atoms with Crippen LogP contribution in [0.5, 0.6) is 5.75 Å². The SMILES string of the molecule is CCC1(C(=O)O)CCCN1C(=O)c1cccc(OC)c1. The van der Waals surface area contributed by atoms with Crippen molar-refractivity contribution in [2.45, 2.75) is 31.7 Å². The van der Waals surface area contributed by atoms with Gasteiger partial charge in [0.05, 0.1) is 7.11 Å². The van der Waals surface area contributed by atoms with Crippen molar-refractivity contribution in [3.05, 3.63) is 29.8 Å². The highest BCUT2D eigenvalue weighted by Gasteiger charge is 2.48. The number of carbonyl (C=O) groups excluding carboxylic acids is 1. The van der Waals surface area contributed by atoms with E-state index in [0.717, 1.165) is 6.42 Å². The molecular weight excluding hydrogens is 258 g/mol. The van der Waals surface area contributed by atoms with E-state index in [1.807, 2.05) is 6.92 Å². The predicted octanol–water partition coefficient (Wildman–Crippen LogP) is 2.16. The zero-order chi connectivity index (χ0) is 14.8. The van der Waals surface area contributed by atoms with Gasteiger partial charge < -0.3 is 14.7 Å². The lowest BCUT2D eigenvalue weighted by molar-refractivity contribution is -0.148. The monoisotopic (exact) mass is 277 g/mol. The van der Waals surface area contributed by atoms with Crippen molar-refractivity contribution >= 4 is 11.9 Å². The Balaban J connectivity index is 2.34. The van der Waals surface area contributed by atoms with Gasteiger partial charge in [0.2, 0.25) is 0 Å². The predicted molar refractivity (Wildman–Crippen MR) is 73.9 cm³/mol. The second-order valence-corrected chi connectivity index (χ2v) is 4.98. The standard InChI is InChI=1S/C15H19NO4/c1-3-15(14(18)19)8-5-9-16(15)13(17)11-6-4-7-12(10-11)20-2/h4,6-7,10H,3,5,8-9H2,1-2H3,(H,18,19). The number of carboxylic acid groups (broad SMARTS) is 1. The quantitative estimate of drug-likeness (QED) is 0.916. The molecule has 0 spiro atoms. The van der Waals surface area contributed by atoms with Crippen LogP contribution in [0.4, 0.5) is 0 Å². The summed E-state index contributed by atoms with van der Waals surface area (Å²) < 4.78 is 5.11. The van der Waals surface area contributed by atoms with E-state index in [2.05, 4.69) is 0 Å². The topological polar surface area (TPSA) is 66.8 Å². The number of carboxylic acids is 1. The van der Waals surface area contributed by atoms with Crippen LogP contribution >= 0.6 is 0 Å². The van der Waals surface area contributed by atoms with Crippen LogP contribution < -0.4 is 4.74 Å². The first-order chi connectivity index (χ1) is 9.55. The Bertz CT molecular complexity index is 528. The van der Waals surface area contributed by atoms with Crippen molar-refractivity contribution in [2.24, 2.45) is 0 Å². The molecule has 0 aromatic heterocycles. The molecule has 2 rings (SSSR count). The van der Waals surface area contributed by atoms with Gasteiger partial charge in [0, 0.05) is 12.1 Å². The molecular formula is C15H19NO4. The van der Waals surface area contributed by atoms with E-state index in [-0.39, 0.29) is 5.91 Å². The summed E-state index contributed by atoms with van der Waals surface area (Å²) in [7, 11) is 1.53. The molecule has 1 amide bonds. The molecule has 1 unspecified atom stereocenters. The van der Waals surface area contributed by atoms with Crippen LogP contribution in [-0.4, -0.2) is 41.1 Å². The van der Waals surface area contributed by atoms with E-state index in [4.69, 9.17) is 4.74 Å². The molecule has 108 valence electrons. The van der Waals surface area contributed by atoms with E-state index in [1.165, 1.54) is 12.0 Å². The average Bonchev–Trinajstić information content (AvgIpc) is 2.91. The summed E-state index contributed by atoms with van der Waals surface area (Å²) in [4.78, 5) is 25.7. The first-order valence-corrected chi connectivity index (χ1v) is 6.74. The van der Waals surface area contributed by atoms with Gasteiger partial charge in [-0.2, -0.15) is 0 Å². The maximum absolute atomic E-state index is 12.6. The second-order valence-electron chi connectivity index (χ2n) is 4.98. The van der Waals surface area contributed by atoms with Crippen molar-refractivity contribution < 1.29 is 19.4 Å². The number of likely N-dealkylation sites (tertiary alicyclic amines) is 1. The molecule has 1 aliphatic rings. The molecule has 1 N–H and O–H groups in total. The van der Waals surface area contributed by atoms with Crippen LogP contribution in [0.15, 0.2) is 24.3 Å². The molecule has 1 heterocycles. The second kappa shape index (κ2) is 5.53. The first-order valence-electron chi connectivity index (χ1n) is 6.74. The van der Waals surface area contributed by atoms with Gasteiger partial charge in [-0.25, -0.2) is 4.79 Å². The van der Waals surface area contributed by atoms with Crippen molar-refractivity contribution in [3.8, 4) is 5.75 Å². The number of rotatable bonds is 4. The minimum Gasteiger partial charge on any atom is -0.497 e. The number of carbonyl (C=O) groups is 2. The zero-order valence-corrected chi connectivity index (χ0v) is 11.8. The molecule has 1 atom stereocenters. The summed E-state index contributed by atoms with van der Waals surface area (Å²) in [6, 6.07) is 6.82. The minimum absolute atomic E-state index is 0.245. The molecule has 5 nitrogen and oxygen atoms in total. The number of hydrogen-bond acceptors (Lipinski definition) is 3. The number of benzene rings is 1. The van der Waals surface area contributed by atoms with E-state index in [0.29, 0.717) is 30.7 Å². The molecule has 0 aliphatic carbocycles. The Labute approximate surface area is 118 Å². The minimum atomic E-state index is -1.07. The molecule has 1 aromatic rings. The smallest absolute Gasteiger partial charge is 0.329 e. The molecule has 0 radical (unpaired) electrons. The fourth-order valence-corrected chi connectivity index (χ4v) is 2.83. The summed E-state index contributed by atoms with van der Waals surface area (Å²) in [5.74, 6) is -0.577. The third kappa shape index (κ3) is 2.24.